The minimum atomic E-state index is 1.18. The van der Waals surface area contributed by atoms with Crippen LogP contribution in [0.1, 0.15) is 44.5 Å². The molecule has 4 heteroatoms. The molecule has 0 spiro atoms. The summed E-state index contributed by atoms with van der Waals surface area (Å²) in [6, 6.07) is 6.05. The molecule has 122 valence electrons. The van der Waals surface area contributed by atoms with E-state index < -0.39 is 0 Å². The molecule has 4 nitrogen and oxygen atoms in total. The highest BCUT2D eigenvalue weighted by Gasteiger charge is 1.94. The van der Waals surface area contributed by atoms with Crippen LogP contribution in [0.3, 0.4) is 0 Å². The van der Waals surface area contributed by atoms with Gasteiger partial charge in [-0.25, -0.2) is 4.52 Å². The van der Waals surface area contributed by atoms with Gasteiger partial charge in [-0.15, -0.1) is 0 Å². The number of fused-ring (bicyclic) bond motifs is 1. The number of aromatic nitrogens is 4. The van der Waals surface area contributed by atoms with Crippen molar-refractivity contribution in [3.05, 3.63) is 53.6 Å². The molecular formula is C18H30N4. The van der Waals surface area contributed by atoms with Crippen molar-refractivity contribution >= 4 is 5.52 Å². The first-order valence-corrected chi connectivity index (χ1v) is 7.94. The molecule has 3 aromatic rings. The second-order valence-corrected chi connectivity index (χ2v) is 4.39. The maximum atomic E-state index is 4.13. The summed E-state index contributed by atoms with van der Waals surface area (Å²) < 4.78 is 3.74. The SMILES string of the molecule is CC.CC.Cc1cnn(C)c1C.Cc1cnn2ccccc12. The zero-order valence-corrected chi connectivity index (χ0v) is 15.3. The second-order valence-electron chi connectivity index (χ2n) is 4.39. The van der Waals surface area contributed by atoms with Crippen LogP contribution >= 0.6 is 0 Å². The van der Waals surface area contributed by atoms with Crippen molar-refractivity contribution in [2.24, 2.45) is 7.05 Å². The molecule has 0 atom stereocenters. The summed E-state index contributed by atoms with van der Waals surface area (Å²) in [4.78, 5) is 0. The molecule has 0 amide bonds. The first-order valence-electron chi connectivity index (χ1n) is 7.94. The fourth-order valence-corrected chi connectivity index (χ4v) is 1.67. The summed E-state index contributed by atoms with van der Waals surface area (Å²) in [6.45, 7) is 14.2. The normalized spacial score (nSPS) is 8.91. The Kier molecular flexibility index (Phi) is 9.59. The van der Waals surface area contributed by atoms with E-state index in [1.54, 1.807) is 0 Å². The Morgan fingerprint density at radius 3 is 1.82 bits per heavy atom. The summed E-state index contributed by atoms with van der Waals surface area (Å²) in [5.74, 6) is 0. The van der Waals surface area contributed by atoms with Crippen molar-refractivity contribution < 1.29 is 0 Å². The maximum absolute atomic E-state index is 4.13. The Hall–Kier alpha value is -2.10. The van der Waals surface area contributed by atoms with Crippen molar-refractivity contribution in [2.75, 3.05) is 0 Å². The fraction of sp³-hybridized carbons (Fsp3) is 0.444. The summed E-state index contributed by atoms with van der Waals surface area (Å²) in [7, 11) is 1.95. The van der Waals surface area contributed by atoms with Crippen molar-refractivity contribution in [1.82, 2.24) is 19.4 Å². The van der Waals surface area contributed by atoms with Crippen LogP contribution in [0.2, 0.25) is 0 Å². The number of nitrogens with zero attached hydrogens (tertiary/aromatic N) is 4. The van der Waals surface area contributed by atoms with E-state index >= 15 is 0 Å². The van der Waals surface area contributed by atoms with Gasteiger partial charge in [-0.2, -0.15) is 10.2 Å². The molecule has 0 fully saturated rings. The second kappa shape index (κ2) is 10.6. The van der Waals surface area contributed by atoms with Crippen LogP contribution in [0.15, 0.2) is 36.8 Å². The standard InChI is InChI=1S/C8H8N2.C6H10N2.2C2H6/c1-7-6-9-10-5-3-2-4-8(7)10;1-5-4-7-8(3)6(5)2;2*1-2/h2-6H,1H3;4H,1-3H3;2*1-2H3. The largest absolute Gasteiger partial charge is 0.273 e. The Bertz CT molecular complexity index is 630. The first-order chi connectivity index (χ1) is 10.6. The molecule has 0 N–H and O–H groups in total. The van der Waals surface area contributed by atoms with E-state index in [4.69, 9.17) is 0 Å². The molecule has 0 aliphatic carbocycles. The van der Waals surface area contributed by atoms with Gasteiger partial charge in [-0.05, 0) is 44.0 Å². The van der Waals surface area contributed by atoms with Gasteiger partial charge in [-0.3, -0.25) is 4.68 Å². The van der Waals surface area contributed by atoms with Gasteiger partial charge in [0.05, 0.1) is 17.9 Å². The minimum absolute atomic E-state index is 1.18. The van der Waals surface area contributed by atoms with Crippen molar-refractivity contribution in [3.63, 3.8) is 0 Å². The summed E-state index contributed by atoms with van der Waals surface area (Å²) in [5.41, 5.74) is 4.90. The highest BCUT2D eigenvalue weighted by molar-refractivity contribution is 5.52. The van der Waals surface area contributed by atoms with Crippen LogP contribution in [0.5, 0.6) is 0 Å². The van der Waals surface area contributed by atoms with Crippen LogP contribution in [0.4, 0.5) is 0 Å². The lowest BCUT2D eigenvalue weighted by Gasteiger charge is -1.90. The van der Waals surface area contributed by atoms with Crippen LogP contribution in [0.25, 0.3) is 5.52 Å². The Morgan fingerprint density at radius 1 is 0.818 bits per heavy atom. The van der Waals surface area contributed by atoms with E-state index in [2.05, 4.69) is 37.0 Å². The monoisotopic (exact) mass is 302 g/mol. The van der Waals surface area contributed by atoms with Crippen LogP contribution < -0.4 is 0 Å². The predicted molar refractivity (Wildman–Crippen MR) is 95.3 cm³/mol. The highest BCUT2D eigenvalue weighted by atomic mass is 15.3. The molecule has 0 aromatic carbocycles. The van der Waals surface area contributed by atoms with Gasteiger partial charge < -0.3 is 0 Å². The Morgan fingerprint density at radius 2 is 1.41 bits per heavy atom. The molecule has 0 saturated heterocycles. The Labute approximate surface area is 134 Å². The lowest BCUT2D eigenvalue weighted by molar-refractivity contribution is 0.739. The number of hydrogen-bond acceptors (Lipinski definition) is 2. The van der Waals surface area contributed by atoms with E-state index in [1.807, 2.05) is 74.7 Å². The average Bonchev–Trinajstić information content (AvgIpc) is 3.10. The van der Waals surface area contributed by atoms with Crippen LogP contribution in [0, 0.1) is 20.8 Å². The maximum Gasteiger partial charge on any atom is 0.0690 e. The smallest absolute Gasteiger partial charge is 0.0690 e. The summed E-state index contributed by atoms with van der Waals surface area (Å²) in [5, 5.41) is 8.17. The van der Waals surface area contributed by atoms with Gasteiger partial charge in [0.2, 0.25) is 0 Å². The van der Waals surface area contributed by atoms with Gasteiger partial charge in [0, 0.05) is 18.9 Å². The lowest BCUT2D eigenvalue weighted by atomic mass is 10.3. The number of hydrogen-bond donors (Lipinski definition) is 0. The summed E-state index contributed by atoms with van der Waals surface area (Å²) >= 11 is 0. The van der Waals surface area contributed by atoms with E-state index in [9.17, 15) is 0 Å². The van der Waals surface area contributed by atoms with Gasteiger partial charge in [-0.1, -0.05) is 33.8 Å². The highest BCUT2D eigenvalue weighted by Crippen LogP contribution is 2.06. The average molecular weight is 302 g/mol. The van der Waals surface area contributed by atoms with Crippen LogP contribution in [-0.2, 0) is 7.05 Å². The molecular weight excluding hydrogens is 272 g/mol. The fourth-order valence-electron chi connectivity index (χ4n) is 1.67. The van der Waals surface area contributed by atoms with Gasteiger partial charge in [0.15, 0.2) is 0 Å². The first kappa shape index (κ1) is 19.9. The molecule has 0 unspecified atom stereocenters. The molecule has 0 aliphatic rings. The number of pyridine rings is 1. The van der Waals surface area contributed by atoms with Crippen molar-refractivity contribution in [3.8, 4) is 0 Å². The van der Waals surface area contributed by atoms with E-state index in [-0.39, 0.29) is 0 Å². The van der Waals surface area contributed by atoms with Gasteiger partial charge >= 0.3 is 0 Å². The molecule has 3 rings (SSSR count). The number of rotatable bonds is 0. The molecule has 22 heavy (non-hydrogen) atoms. The quantitative estimate of drug-likeness (QED) is 0.601. The molecule has 0 bridgehead atoms. The lowest BCUT2D eigenvalue weighted by Crippen LogP contribution is -1.91. The van der Waals surface area contributed by atoms with Crippen LogP contribution in [-0.4, -0.2) is 19.4 Å². The third-order valence-electron chi connectivity index (χ3n) is 3.10. The van der Waals surface area contributed by atoms with E-state index in [1.165, 1.54) is 22.3 Å². The zero-order valence-electron chi connectivity index (χ0n) is 15.3. The molecule has 0 radical (unpaired) electrons. The van der Waals surface area contributed by atoms with E-state index in [0.29, 0.717) is 0 Å². The van der Waals surface area contributed by atoms with Crippen molar-refractivity contribution in [2.45, 2.75) is 48.5 Å². The minimum Gasteiger partial charge on any atom is -0.273 e. The third-order valence-corrected chi connectivity index (χ3v) is 3.10. The van der Waals surface area contributed by atoms with E-state index in [0.717, 1.165) is 0 Å². The predicted octanol–water partition coefficient (Wildman–Crippen LogP) is 4.73. The Balaban J connectivity index is 0.000000333. The van der Waals surface area contributed by atoms with Gasteiger partial charge in [0.1, 0.15) is 0 Å². The molecule has 3 heterocycles. The van der Waals surface area contributed by atoms with Crippen molar-refractivity contribution in [1.29, 1.82) is 0 Å². The molecule has 0 saturated carbocycles. The topological polar surface area (TPSA) is 35.1 Å². The molecule has 3 aromatic heterocycles. The summed E-state index contributed by atoms with van der Waals surface area (Å²) in [6.07, 6.45) is 5.69. The third kappa shape index (κ3) is 5.35. The zero-order chi connectivity index (χ0) is 17.1. The van der Waals surface area contributed by atoms with Gasteiger partial charge in [0.25, 0.3) is 0 Å². The molecule has 0 aliphatic heterocycles. The number of aryl methyl sites for hydroxylation is 3.